The largest absolute Gasteiger partial charge is 0.291 e. The standard InChI is InChI=1S/C21H39O/c1-18(2)10-6-11-19(3)12-7-13-20(4)14-8-15-21(5)16-9-17-22/h16,18-20H,6-15H2,1-5H3. The van der Waals surface area contributed by atoms with Gasteiger partial charge in [-0.25, -0.2) is 0 Å². The van der Waals surface area contributed by atoms with E-state index in [4.69, 9.17) is 0 Å². The summed E-state index contributed by atoms with van der Waals surface area (Å²) in [7, 11) is 0. The number of carbonyl (C=O) groups excluding carboxylic acids is 1. The molecule has 1 nitrogen and oxygen atoms in total. The molecule has 1 heteroatoms. The lowest BCUT2D eigenvalue weighted by atomic mass is 9.91. The Morgan fingerprint density at radius 3 is 1.86 bits per heavy atom. The molecule has 0 bridgehead atoms. The Hall–Kier alpha value is -0.590. The van der Waals surface area contributed by atoms with Crippen molar-refractivity contribution in [1.29, 1.82) is 0 Å². The highest BCUT2D eigenvalue weighted by Gasteiger charge is 2.06. The van der Waals surface area contributed by atoms with E-state index < -0.39 is 0 Å². The smallest absolute Gasteiger partial charge is 0.202 e. The quantitative estimate of drug-likeness (QED) is 0.320. The van der Waals surface area contributed by atoms with E-state index in [1.54, 1.807) is 0 Å². The lowest BCUT2D eigenvalue weighted by Crippen LogP contribution is -2.00. The summed E-state index contributed by atoms with van der Waals surface area (Å²) < 4.78 is 0. The van der Waals surface area contributed by atoms with Crippen molar-refractivity contribution < 1.29 is 4.79 Å². The van der Waals surface area contributed by atoms with Gasteiger partial charge in [0.1, 0.15) is 0 Å². The third kappa shape index (κ3) is 14.4. The number of allylic oxidation sites excluding steroid dienone is 2. The van der Waals surface area contributed by atoms with Crippen molar-refractivity contribution in [1.82, 2.24) is 0 Å². The Morgan fingerprint density at radius 2 is 1.36 bits per heavy atom. The van der Waals surface area contributed by atoms with Gasteiger partial charge in [0.25, 0.3) is 0 Å². The van der Waals surface area contributed by atoms with Crippen molar-refractivity contribution in [3.05, 3.63) is 11.6 Å². The van der Waals surface area contributed by atoms with Crippen LogP contribution < -0.4 is 0 Å². The van der Waals surface area contributed by atoms with Gasteiger partial charge in [0, 0.05) is 6.42 Å². The van der Waals surface area contributed by atoms with Gasteiger partial charge in [0.15, 0.2) is 0 Å². The van der Waals surface area contributed by atoms with E-state index in [-0.39, 0.29) is 0 Å². The van der Waals surface area contributed by atoms with E-state index >= 15 is 0 Å². The van der Waals surface area contributed by atoms with Crippen LogP contribution in [0, 0.1) is 17.8 Å². The summed E-state index contributed by atoms with van der Waals surface area (Å²) in [6, 6.07) is 0. The molecular formula is C21H39O. The second-order valence-corrected chi connectivity index (χ2v) is 7.76. The van der Waals surface area contributed by atoms with Crippen LogP contribution in [-0.4, -0.2) is 6.29 Å². The lowest BCUT2D eigenvalue weighted by Gasteiger charge is -2.15. The molecule has 2 atom stereocenters. The second kappa shape index (κ2) is 14.0. The molecule has 1 radical (unpaired) electrons. The van der Waals surface area contributed by atoms with E-state index in [1.165, 1.54) is 56.9 Å². The van der Waals surface area contributed by atoms with Crippen molar-refractivity contribution in [3.63, 3.8) is 0 Å². The highest BCUT2D eigenvalue weighted by Crippen LogP contribution is 2.22. The molecule has 0 heterocycles. The monoisotopic (exact) mass is 307 g/mol. The minimum Gasteiger partial charge on any atom is -0.291 e. The Bertz CT molecular complexity index is 290. The van der Waals surface area contributed by atoms with E-state index in [2.05, 4.69) is 34.6 Å². The molecule has 0 rings (SSSR count). The van der Waals surface area contributed by atoms with Crippen molar-refractivity contribution in [2.24, 2.45) is 17.8 Å². The second-order valence-electron chi connectivity index (χ2n) is 7.76. The van der Waals surface area contributed by atoms with Gasteiger partial charge in [-0.05, 0) is 37.5 Å². The van der Waals surface area contributed by atoms with Crippen LogP contribution in [0.25, 0.3) is 0 Å². The van der Waals surface area contributed by atoms with Gasteiger partial charge in [0.2, 0.25) is 6.29 Å². The molecular weight excluding hydrogens is 268 g/mol. The van der Waals surface area contributed by atoms with Gasteiger partial charge in [-0.1, -0.05) is 84.3 Å². The summed E-state index contributed by atoms with van der Waals surface area (Å²) >= 11 is 0. The maximum absolute atomic E-state index is 10.2. The van der Waals surface area contributed by atoms with Gasteiger partial charge < -0.3 is 0 Å². The Morgan fingerprint density at radius 1 is 0.864 bits per heavy atom. The summed E-state index contributed by atoms with van der Waals surface area (Å²) in [5, 5.41) is 0. The van der Waals surface area contributed by atoms with Gasteiger partial charge >= 0.3 is 0 Å². The molecule has 0 fully saturated rings. The highest BCUT2D eigenvalue weighted by atomic mass is 16.1. The van der Waals surface area contributed by atoms with Crippen molar-refractivity contribution in [3.8, 4) is 0 Å². The molecule has 0 aliphatic rings. The van der Waals surface area contributed by atoms with Crippen LogP contribution in [-0.2, 0) is 4.79 Å². The molecule has 2 unspecified atom stereocenters. The van der Waals surface area contributed by atoms with Crippen molar-refractivity contribution in [2.75, 3.05) is 0 Å². The van der Waals surface area contributed by atoms with E-state index in [9.17, 15) is 4.79 Å². The van der Waals surface area contributed by atoms with Crippen LogP contribution in [0.3, 0.4) is 0 Å². The summed E-state index contributed by atoms with van der Waals surface area (Å²) in [4.78, 5) is 10.2. The zero-order chi connectivity index (χ0) is 16.8. The molecule has 0 amide bonds. The maximum atomic E-state index is 10.2. The summed E-state index contributed by atoms with van der Waals surface area (Å²) in [5.74, 6) is 2.60. The van der Waals surface area contributed by atoms with E-state index in [0.717, 1.165) is 24.2 Å². The molecule has 22 heavy (non-hydrogen) atoms. The third-order valence-corrected chi connectivity index (χ3v) is 4.67. The summed E-state index contributed by atoms with van der Waals surface area (Å²) in [6.45, 7) is 11.6. The predicted octanol–water partition coefficient (Wildman–Crippen LogP) is 6.87. The third-order valence-electron chi connectivity index (χ3n) is 4.67. The van der Waals surface area contributed by atoms with Crippen LogP contribution in [0.5, 0.6) is 0 Å². The van der Waals surface area contributed by atoms with Gasteiger partial charge in [0.05, 0.1) is 0 Å². The summed E-state index contributed by atoms with van der Waals surface area (Å²) in [6.07, 6.45) is 16.5. The molecule has 0 aromatic carbocycles. The normalized spacial score (nSPS) is 15.1. The number of rotatable bonds is 14. The van der Waals surface area contributed by atoms with Gasteiger partial charge in [-0.2, -0.15) is 0 Å². The average molecular weight is 308 g/mol. The van der Waals surface area contributed by atoms with Gasteiger partial charge in [-0.3, -0.25) is 4.79 Å². The Balaban J connectivity index is 3.56. The lowest BCUT2D eigenvalue weighted by molar-refractivity contribution is 0.389. The highest BCUT2D eigenvalue weighted by molar-refractivity contribution is 5.53. The van der Waals surface area contributed by atoms with Crippen molar-refractivity contribution >= 4 is 6.29 Å². The molecule has 0 aliphatic heterocycles. The van der Waals surface area contributed by atoms with E-state index in [0.29, 0.717) is 6.42 Å². The van der Waals surface area contributed by atoms with Crippen LogP contribution in [0.2, 0.25) is 0 Å². The summed E-state index contributed by atoms with van der Waals surface area (Å²) in [5.41, 5.74) is 1.34. The molecule has 129 valence electrons. The topological polar surface area (TPSA) is 17.1 Å². The van der Waals surface area contributed by atoms with Crippen LogP contribution in [0.4, 0.5) is 0 Å². The molecule has 0 aromatic rings. The molecule has 0 aromatic heterocycles. The van der Waals surface area contributed by atoms with Crippen LogP contribution in [0.1, 0.15) is 98.8 Å². The molecule has 0 aliphatic carbocycles. The van der Waals surface area contributed by atoms with Crippen molar-refractivity contribution in [2.45, 2.75) is 98.8 Å². The first-order valence-electron chi connectivity index (χ1n) is 9.46. The minimum absolute atomic E-state index is 0.454. The fourth-order valence-corrected chi connectivity index (χ4v) is 3.03. The zero-order valence-electron chi connectivity index (χ0n) is 15.8. The van der Waals surface area contributed by atoms with Crippen LogP contribution >= 0.6 is 0 Å². The SMILES string of the molecule is CC(=CC[C]=O)CCCC(C)CCCC(C)CCCC(C)C. The van der Waals surface area contributed by atoms with Gasteiger partial charge in [-0.15, -0.1) is 0 Å². The maximum Gasteiger partial charge on any atom is 0.202 e. The predicted molar refractivity (Wildman–Crippen MR) is 98.8 cm³/mol. The molecule has 0 saturated carbocycles. The number of hydrogen-bond acceptors (Lipinski definition) is 1. The molecule has 0 saturated heterocycles. The Kier molecular flexibility index (Phi) is 13.7. The fraction of sp³-hybridized carbons (Fsp3) is 0.857. The molecule has 0 spiro atoms. The minimum atomic E-state index is 0.454. The van der Waals surface area contributed by atoms with Crippen LogP contribution in [0.15, 0.2) is 11.6 Å². The van der Waals surface area contributed by atoms with E-state index in [1.807, 2.05) is 12.4 Å². The Labute approximate surface area is 140 Å². The first-order chi connectivity index (χ1) is 10.5. The average Bonchev–Trinajstić information content (AvgIpc) is 2.44. The first kappa shape index (κ1) is 21.4. The fourth-order valence-electron chi connectivity index (χ4n) is 3.03. The first-order valence-corrected chi connectivity index (χ1v) is 9.46. The zero-order valence-corrected chi connectivity index (χ0v) is 15.8. The number of hydrogen-bond donors (Lipinski definition) is 0. The molecule has 0 N–H and O–H groups in total.